The number of hydrazine groups is 1. The van der Waals surface area contributed by atoms with Gasteiger partial charge in [0.25, 0.3) is 5.91 Å². The summed E-state index contributed by atoms with van der Waals surface area (Å²) >= 11 is 0. The van der Waals surface area contributed by atoms with Crippen molar-refractivity contribution in [2.75, 3.05) is 7.11 Å². The van der Waals surface area contributed by atoms with Crippen molar-refractivity contribution in [2.45, 2.75) is 38.9 Å². The Labute approximate surface area is 160 Å². The third kappa shape index (κ3) is 3.43. The molecule has 0 aromatic heterocycles. The maximum atomic E-state index is 13.1. The van der Waals surface area contributed by atoms with E-state index in [1.165, 1.54) is 16.7 Å². The molecule has 2 aliphatic rings. The summed E-state index contributed by atoms with van der Waals surface area (Å²) in [5, 5.41) is 1.94. The lowest BCUT2D eigenvalue weighted by molar-refractivity contribution is -0.134. The monoisotopic (exact) mass is 363 g/mol. The maximum absolute atomic E-state index is 13.1. The van der Waals surface area contributed by atoms with Gasteiger partial charge in [0.05, 0.1) is 19.7 Å². The lowest BCUT2D eigenvalue weighted by Crippen LogP contribution is -2.47. The van der Waals surface area contributed by atoms with E-state index in [1.807, 2.05) is 40.5 Å². The Morgan fingerprint density at radius 1 is 1.15 bits per heavy atom. The van der Waals surface area contributed by atoms with Crippen molar-refractivity contribution in [1.82, 2.24) is 15.3 Å². The zero-order chi connectivity index (χ0) is 19.0. The highest BCUT2D eigenvalue weighted by Gasteiger charge is 2.40. The molecule has 1 amide bonds. The van der Waals surface area contributed by atoms with E-state index in [9.17, 15) is 4.79 Å². The highest BCUT2D eigenvalue weighted by atomic mass is 16.5. The number of nitrogens with zero attached hydrogens (tertiary/aromatic N) is 2. The third-order valence-electron chi connectivity index (χ3n) is 5.41. The molecule has 2 aliphatic heterocycles. The molecular formula is C22H25N3O2. The number of hydrogen-bond donors (Lipinski definition) is 1. The molecule has 5 heteroatoms. The fourth-order valence-electron chi connectivity index (χ4n) is 3.85. The molecular weight excluding hydrogens is 338 g/mol. The molecule has 0 saturated carbocycles. The van der Waals surface area contributed by atoms with Gasteiger partial charge < -0.3 is 14.6 Å². The molecule has 1 fully saturated rings. The number of benzene rings is 2. The number of hydrogen-bond acceptors (Lipinski definition) is 4. The summed E-state index contributed by atoms with van der Waals surface area (Å²) < 4.78 is 5.33. The average Bonchev–Trinajstić information content (AvgIpc) is 3.11. The number of aryl methyl sites for hydroxylation is 2. The van der Waals surface area contributed by atoms with Crippen LogP contribution in [0.4, 0.5) is 0 Å². The molecule has 0 spiro atoms. The Balaban J connectivity index is 1.50. The fourth-order valence-corrected chi connectivity index (χ4v) is 3.85. The Morgan fingerprint density at radius 2 is 2.00 bits per heavy atom. The largest absolute Gasteiger partial charge is 0.497 e. The van der Waals surface area contributed by atoms with Gasteiger partial charge in [-0.05, 0) is 49.1 Å². The zero-order valence-electron chi connectivity index (χ0n) is 16.0. The van der Waals surface area contributed by atoms with Crippen LogP contribution in [-0.2, 0) is 11.3 Å². The van der Waals surface area contributed by atoms with Crippen LogP contribution in [0.1, 0.15) is 34.7 Å². The van der Waals surface area contributed by atoms with Crippen LogP contribution in [0.3, 0.4) is 0 Å². The van der Waals surface area contributed by atoms with Gasteiger partial charge in [-0.3, -0.25) is 4.79 Å². The normalized spacial score (nSPS) is 21.5. The lowest BCUT2D eigenvalue weighted by atomic mass is 10.00. The van der Waals surface area contributed by atoms with Gasteiger partial charge in [0.2, 0.25) is 0 Å². The second-order valence-corrected chi connectivity index (χ2v) is 7.31. The molecule has 2 aromatic rings. The van der Waals surface area contributed by atoms with Crippen LogP contribution in [-0.4, -0.2) is 29.0 Å². The van der Waals surface area contributed by atoms with E-state index < -0.39 is 0 Å². The number of fused-ring (bicyclic) bond motifs is 1. The number of rotatable bonds is 4. The van der Waals surface area contributed by atoms with Gasteiger partial charge in [0.15, 0.2) is 0 Å². The number of amides is 1. The van der Waals surface area contributed by atoms with Crippen LogP contribution >= 0.6 is 0 Å². The van der Waals surface area contributed by atoms with Crippen LogP contribution in [0, 0.1) is 13.8 Å². The molecule has 0 radical (unpaired) electrons. The predicted molar refractivity (Wildman–Crippen MR) is 105 cm³/mol. The highest BCUT2D eigenvalue weighted by Crippen LogP contribution is 2.32. The molecule has 0 bridgehead atoms. The highest BCUT2D eigenvalue weighted by molar-refractivity contribution is 5.84. The van der Waals surface area contributed by atoms with Gasteiger partial charge in [0.1, 0.15) is 11.8 Å². The van der Waals surface area contributed by atoms with E-state index in [-0.39, 0.29) is 18.0 Å². The average molecular weight is 363 g/mol. The summed E-state index contributed by atoms with van der Waals surface area (Å²) in [5.74, 6) is 0.966. The van der Waals surface area contributed by atoms with E-state index in [1.54, 1.807) is 7.11 Å². The molecule has 2 unspecified atom stereocenters. The fraction of sp³-hybridized carbons (Fsp3) is 0.318. The van der Waals surface area contributed by atoms with Crippen molar-refractivity contribution in [3.8, 4) is 5.75 Å². The van der Waals surface area contributed by atoms with Gasteiger partial charge in [0, 0.05) is 12.4 Å². The lowest BCUT2D eigenvalue weighted by Gasteiger charge is -2.32. The van der Waals surface area contributed by atoms with E-state index >= 15 is 0 Å². The van der Waals surface area contributed by atoms with Crippen LogP contribution < -0.4 is 10.2 Å². The number of methoxy groups -OCH3 is 1. The van der Waals surface area contributed by atoms with E-state index in [4.69, 9.17) is 4.74 Å². The summed E-state index contributed by atoms with van der Waals surface area (Å²) in [4.78, 5) is 14.9. The van der Waals surface area contributed by atoms with Crippen LogP contribution in [0.15, 0.2) is 54.9 Å². The van der Waals surface area contributed by atoms with Gasteiger partial charge in [-0.2, -0.15) is 0 Å². The summed E-state index contributed by atoms with van der Waals surface area (Å²) in [6.45, 7) is 4.79. The van der Waals surface area contributed by atoms with Crippen molar-refractivity contribution < 1.29 is 9.53 Å². The molecule has 1 saturated heterocycles. The molecule has 2 atom stereocenters. The van der Waals surface area contributed by atoms with Gasteiger partial charge in [-0.1, -0.05) is 35.9 Å². The number of ether oxygens (including phenoxy) is 1. The van der Waals surface area contributed by atoms with E-state index in [2.05, 4.69) is 43.5 Å². The first-order chi connectivity index (χ1) is 13.0. The van der Waals surface area contributed by atoms with Gasteiger partial charge in [-0.15, -0.1) is 0 Å². The number of carbonyl (C=O) groups is 1. The minimum Gasteiger partial charge on any atom is -0.497 e. The topological polar surface area (TPSA) is 44.8 Å². The minimum atomic E-state index is -0.183. The molecule has 2 heterocycles. The first kappa shape index (κ1) is 17.6. The van der Waals surface area contributed by atoms with Gasteiger partial charge in [-0.25, -0.2) is 5.43 Å². The Hall–Kier alpha value is -2.79. The van der Waals surface area contributed by atoms with Crippen molar-refractivity contribution >= 4 is 5.91 Å². The molecule has 140 valence electrons. The van der Waals surface area contributed by atoms with Crippen molar-refractivity contribution in [2.24, 2.45) is 0 Å². The summed E-state index contributed by atoms with van der Waals surface area (Å²) in [6, 6.07) is 14.3. The summed E-state index contributed by atoms with van der Waals surface area (Å²) in [7, 11) is 1.67. The van der Waals surface area contributed by atoms with Crippen molar-refractivity contribution in [1.29, 1.82) is 0 Å². The first-order valence-electron chi connectivity index (χ1n) is 9.28. The molecule has 2 aromatic carbocycles. The zero-order valence-corrected chi connectivity index (χ0v) is 16.0. The SMILES string of the molecule is COc1cccc(C2CC3C(=O)N(Cc4ccc(C)cc4C)C=CN3N2)c1. The van der Waals surface area contributed by atoms with Gasteiger partial charge >= 0.3 is 0 Å². The molecule has 5 nitrogen and oxygen atoms in total. The molecule has 27 heavy (non-hydrogen) atoms. The van der Waals surface area contributed by atoms with E-state index in [0.717, 1.165) is 17.7 Å². The summed E-state index contributed by atoms with van der Waals surface area (Å²) in [5.41, 5.74) is 8.21. The number of carbonyl (C=O) groups excluding carboxylic acids is 1. The smallest absolute Gasteiger partial charge is 0.251 e. The van der Waals surface area contributed by atoms with Crippen molar-refractivity contribution in [3.05, 3.63) is 77.1 Å². The second-order valence-electron chi connectivity index (χ2n) is 7.31. The Bertz CT molecular complexity index is 893. The van der Waals surface area contributed by atoms with E-state index in [0.29, 0.717) is 6.54 Å². The minimum absolute atomic E-state index is 0.0970. The standard InChI is InChI=1S/C22H25N3O2/c1-15-7-8-18(16(2)11-15)14-24-9-10-25-21(22(24)26)13-20(23-25)17-5-4-6-19(12-17)27-3/h4-12,20-21,23H,13-14H2,1-3H3. The summed E-state index contributed by atoms with van der Waals surface area (Å²) in [6.07, 6.45) is 4.58. The first-order valence-corrected chi connectivity index (χ1v) is 9.28. The molecule has 0 aliphatic carbocycles. The molecule has 4 rings (SSSR count). The van der Waals surface area contributed by atoms with Crippen LogP contribution in [0.2, 0.25) is 0 Å². The number of nitrogens with one attached hydrogen (secondary N) is 1. The quantitative estimate of drug-likeness (QED) is 0.904. The Kier molecular flexibility index (Phi) is 4.62. The van der Waals surface area contributed by atoms with Crippen LogP contribution in [0.25, 0.3) is 0 Å². The van der Waals surface area contributed by atoms with Crippen LogP contribution in [0.5, 0.6) is 5.75 Å². The third-order valence-corrected chi connectivity index (χ3v) is 5.41. The maximum Gasteiger partial charge on any atom is 0.251 e. The van der Waals surface area contributed by atoms with Crippen molar-refractivity contribution in [3.63, 3.8) is 0 Å². The second kappa shape index (κ2) is 7.08. The molecule has 1 N–H and O–H groups in total. The predicted octanol–water partition coefficient (Wildman–Crippen LogP) is 3.45. The Morgan fingerprint density at radius 3 is 2.78 bits per heavy atom.